The molecule has 0 bridgehead atoms. The molecular weight excluding hydrogens is 356 g/mol. The van der Waals surface area contributed by atoms with Gasteiger partial charge in [0.05, 0.1) is 27.5 Å². The van der Waals surface area contributed by atoms with Gasteiger partial charge in [0.1, 0.15) is 6.29 Å². The van der Waals surface area contributed by atoms with Crippen LogP contribution < -0.4 is 9.47 Å². The van der Waals surface area contributed by atoms with E-state index in [1.165, 1.54) is 12.1 Å². The standard InChI is InChI=1S/C15H11ClN2O7/c1-2-24-14-6-9(8-19)5-11(16)15(14)25-13-4-3-10(17(20)21)7-12(13)18(22)23/h3-8H,2H2,1H3. The summed E-state index contributed by atoms with van der Waals surface area (Å²) in [5.74, 6) is -0.173. The van der Waals surface area contributed by atoms with Crippen LogP contribution in [0, 0.1) is 20.2 Å². The lowest BCUT2D eigenvalue weighted by Crippen LogP contribution is -2.00. The second kappa shape index (κ2) is 7.58. The van der Waals surface area contributed by atoms with E-state index in [1.54, 1.807) is 6.92 Å². The van der Waals surface area contributed by atoms with Gasteiger partial charge in [0, 0.05) is 11.6 Å². The third-order valence-corrected chi connectivity index (χ3v) is 3.31. The smallest absolute Gasteiger partial charge is 0.318 e. The van der Waals surface area contributed by atoms with Crippen molar-refractivity contribution in [2.75, 3.05) is 6.61 Å². The molecule has 25 heavy (non-hydrogen) atoms. The normalized spacial score (nSPS) is 10.2. The zero-order valence-corrected chi connectivity index (χ0v) is 13.6. The highest BCUT2D eigenvalue weighted by Gasteiger charge is 2.23. The van der Waals surface area contributed by atoms with Crippen molar-refractivity contribution in [2.45, 2.75) is 6.92 Å². The number of nitrogens with zero attached hydrogens (tertiary/aromatic N) is 2. The maximum atomic E-state index is 11.2. The van der Waals surface area contributed by atoms with E-state index in [-0.39, 0.29) is 34.4 Å². The first kappa shape index (κ1) is 18.1. The first-order valence-corrected chi connectivity index (χ1v) is 7.27. The van der Waals surface area contributed by atoms with E-state index >= 15 is 0 Å². The SMILES string of the molecule is CCOc1cc(C=O)cc(Cl)c1Oc1ccc([N+](=O)[O-])cc1[N+](=O)[O-]. The lowest BCUT2D eigenvalue weighted by atomic mass is 10.2. The number of hydrogen-bond donors (Lipinski definition) is 0. The summed E-state index contributed by atoms with van der Waals surface area (Å²) in [5.41, 5.74) is -0.822. The fourth-order valence-corrected chi connectivity index (χ4v) is 2.23. The summed E-state index contributed by atoms with van der Waals surface area (Å²) >= 11 is 6.07. The molecule has 10 heteroatoms. The highest BCUT2D eigenvalue weighted by Crippen LogP contribution is 2.42. The van der Waals surface area contributed by atoms with Crippen LogP contribution in [0.4, 0.5) is 11.4 Å². The minimum absolute atomic E-state index is 0.000649. The number of non-ortho nitro benzene ring substituents is 1. The predicted octanol–water partition coefficient (Wildman–Crippen LogP) is 4.16. The lowest BCUT2D eigenvalue weighted by Gasteiger charge is -2.13. The molecule has 0 saturated carbocycles. The molecule has 9 nitrogen and oxygen atoms in total. The number of benzene rings is 2. The quantitative estimate of drug-likeness (QED) is 0.409. The van der Waals surface area contributed by atoms with Crippen LogP contribution in [0.25, 0.3) is 0 Å². The average molecular weight is 367 g/mol. The third-order valence-electron chi connectivity index (χ3n) is 3.03. The van der Waals surface area contributed by atoms with Crippen molar-refractivity contribution in [3.8, 4) is 17.2 Å². The van der Waals surface area contributed by atoms with Gasteiger partial charge in [-0.1, -0.05) is 11.6 Å². The lowest BCUT2D eigenvalue weighted by molar-refractivity contribution is -0.394. The van der Waals surface area contributed by atoms with Gasteiger partial charge in [-0.2, -0.15) is 0 Å². The molecular formula is C15H11ClN2O7. The van der Waals surface area contributed by atoms with E-state index in [9.17, 15) is 25.0 Å². The molecule has 0 aliphatic heterocycles. The maximum Gasteiger partial charge on any atom is 0.318 e. The van der Waals surface area contributed by atoms with Gasteiger partial charge < -0.3 is 9.47 Å². The third kappa shape index (κ3) is 4.01. The summed E-state index contributed by atoms with van der Waals surface area (Å²) in [5, 5.41) is 22.0. The van der Waals surface area contributed by atoms with E-state index in [2.05, 4.69) is 0 Å². The van der Waals surface area contributed by atoms with Crippen LogP contribution in [0.1, 0.15) is 17.3 Å². The molecule has 0 aromatic heterocycles. The molecule has 0 N–H and O–H groups in total. The Labute approximate surface area is 146 Å². The van der Waals surface area contributed by atoms with Crippen molar-refractivity contribution in [3.05, 3.63) is 61.1 Å². The van der Waals surface area contributed by atoms with Gasteiger partial charge in [-0.15, -0.1) is 0 Å². The van der Waals surface area contributed by atoms with Crippen molar-refractivity contribution >= 4 is 29.3 Å². The topological polar surface area (TPSA) is 122 Å². The molecule has 2 aromatic carbocycles. The Morgan fingerprint density at radius 2 is 1.84 bits per heavy atom. The second-order valence-electron chi connectivity index (χ2n) is 4.65. The molecule has 2 rings (SSSR count). The Hall–Kier alpha value is -3.20. The summed E-state index contributed by atoms with van der Waals surface area (Å²) in [6, 6.07) is 5.62. The van der Waals surface area contributed by atoms with E-state index in [0.29, 0.717) is 6.29 Å². The van der Waals surface area contributed by atoms with Gasteiger partial charge in [0.2, 0.25) is 5.75 Å². The van der Waals surface area contributed by atoms with E-state index in [0.717, 1.165) is 18.2 Å². The Balaban J connectivity index is 2.54. The van der Waals surface area contributed by atoms with Gasteiger partial charge in [-0.3, -0.25) is 25.0 Å². The average Bonchev–Trinajstić information content (AvgIpc) is 2.57. The molecule has 0 aliphatic carbocycles. The first-order chi connectivity index (χ1) is 11.9. The predicted molar refractivity (Wildman–Crippen MR) is 87.8 cm³/mol. The highest BCUT2D eigenvalue weighted by molar-refractivity contribution is 6.32. The van der Waals surface area contributed by atoms with E-state index in [1.807, 2.05) is 0 Å². The van der Waals surface area contributed by atoms with Crippen LogP contribution in [0.3, 0.4) is 0 Å². The van der Waals surface area contributed by atoms with Gasteiger partial charge in [0.15, 0.2) is 11.5 Å². The fraction of sp³-hybridized carbons (Fsp3) is 0.133. The molecule has 0 saturated heterocycles. The highest BCUT2D eigenvalue weighted by atomic mass is 35.5. The van der Waals surface area contributed by atoms with Crippen molar-refractivity contribution in [3.63, 3.8) is 0 Å². The summed E-state index contributed by atoms with van der Waals surface area (Å²) in [6.07, 6.45) is 0.562. The monoisotopic (exact) mass is 366 g/mol. The zero-order valence-electron chi connectivity index (χ0n) is 12.8. The fourth-order valence-electron chi connectivity index (χ4n) is 1.98. The van der Waals surface area contributed by atoms with E-state index in [4.69, 9.17) is 21.1 Å². The number of hydrogen-bond acceptors (Lipinski definition) is 7. The Kier molecular flexibility index (Phi) is 5.50. The van der Waals surface area contributed by atoms with Gasteiger partial charge in [-0.05, 0) is 25.1 Å². The number of ether oxygens (including phenoxy) is 2. The number of nitro groups is 2. The largest absolute Gasteiger partial charge is 0.490 e. The van der Waals surface area contributed by atoms with Crippen LogP contribution >= 0.6 is 11.6 Å². The molecule has 0 aliphatic rings. The number of nitro benzene ring substituents is 2. The minimum atomic E-state index is -0.809. The summed E-state index contributed by atoms with van der Waals surface area (Å²) < 4.78 is 10.8. The molecule has 0 amide bonds. The summed E-state index contributed by atoms with van der Waals surface area (Å²) in [7, 11) is 0. The van der Waals surface area contributed by atoms with E-state index < -0.39 is 21.2 Å². The molecule has 0 radical (unpaired) electrons. The number of aldehydes is 1. The van der Waals surface area contributed by atoms with Crippen molar-refractivity contribution in [1.29, 1.82) is 0 Å². The summed E-state index contributed by atoms with van der Waals surface area (Å²) in [4.78, 5) is 31.3. The van der Waals surface area contributed by atoms with Crippen molar-refractivity contribution < 1.29 is 24.1 Å². The van der Waals surface area contributed by atoms with Gasteiger partial charge >= 0.3 is 5.69 Å². The van der Waals surface area contributed by atoms with Crippen LogP contribution in [0.5, 0.6) is 17.2 Å². The molecule has 0 fully saturated rings. The molecule has 2 aromatic rings. The maximum absolute atomic E-state index is 11.2. The van der Waals surface area contributed by atoms with Crippen molar-refractivity contribution in [1.82, 2.24) is 0 Å². The zero-order chi connectivity index (χ0) is 18.6. The van der Waals surface area contributed by atoms with Gasteiger partial charge in [0.25, 0.3) is 5.69 Å². The Morgan fingerprint density at radius 1 is 1.12 bits per heavy atom. The van der Waals surface area contributed by atoms with Gasteiger partial charge in [-0.25, -0.2) is 0 Å². The molecule has 0 spiro atoms. The molecule has 0 atom stereocenters. The van der Waals surface area contributed by atoms with Crippen molar-refractivity contribution in [2.24, 2.45) is 0 Å². The Bertz CT molecular complexity index is 854. The van der Waals surface area contributed by atoms with Crippen LogP contribution in [-0.2, 0) is 0 Å². The molecule has 130 valence electrons. The van der Waals surface area contributed by atoms with Crippen LogP contribution in [0.2, 0.25) is 5.02 Å². The second-order valence-corrected chi connectivity index (χ2v) is 5.06. The number of rotatable bonds is 7. The summed E-state index contributed by atoms with van der Waals surface area (Å²) in [6.45, 7) is 1.93. The minimum Gasteiger partial charge on any atom is -0.490 e. The number of halogens is 1. The first-order valence-electron chi connectivity index (χ1n) is 6.89. The molecule has 0 unspecified atom stereocenters. The number of carbonyl (C=O) groups excluding carboxylic acids is 1. The molecule has 0 heterocycles. The van der Waals surface area contributed by atoms with Crippen LogP contribution in [0.15, 0.2) is 30.3 Å². The Morgan fingerprint density at radius 3 is 2.40 bits per heavy atom. The number of carbonyl (C=O) groups is 1. The van der Waals surface area contributed by atoms with Crippen LogP contribution in [-0.4, -0.2) is 22.7 Å².